The van der Waals surface area contributed by atoms with Crippen LogP contribution in [0.4, 0.5) is 4.79 Å². The minimum absolute atomic E-state index is 0.0887. The second-order valence-electron chi connectivity index (χ2n) is 6.18. The van der Waals surface area contributed by atoms with E-state index in [2.05, 4.69) is 21.2 Å². The van der Waals surface area contributed by atoms with Gasteiger partial charge in [0.25, 0.3) is 0 Å². The molecule has 1 rings (SSSR count). The minimum atomic E-state index is -1.28. The van der Waals surface area contributed by atoms with Gasteiger partial charge in [-0.3, -0.25) is 0 Å². The van der Waals surface area contributed by atoms with Crippen LogP contribution in [0.15, 0.2) is 16.6 Å². The van der Waals surface area contributed by atoms with Crippen LogP contribution in [-0.2, 0) is 4.74 Å². The average molecular weight is 406 g/mol. The Hall–Kier alpha value is -1.51. The van der Waals surface area contributed by atoms with Crippen LogP contribution in [0, 0.1) is 0 Å². The maximum absolute atomic E-state index is 11.6. The van der Waals surface area contributed by atoms with Gasteiger partial charge >= 0.3 is 6.09 Å². The molecule has 1 aromatic carbocycles. The molecule has 0 fully saturated rings. The van der Waals surface area contributed by atoms with Crippen LogP contribution in [-0.4, -0.2) is 46.3 Å². The summed E-state index contributed by atoms with van der Waals surface area (Å²) >= 11 is 3.17. The van der Waals surface area contributed by atoms with Gasteiger partial charge < -0.3 is 30.1 Å². The lowest BCUT2D eigenvalue weighted by atomic mass is 10.0. The van der Waals surface area contributed by atoms with Crippen molar-refractivity contribution in [3.8, 4) is 11.5 Å². The number of phenolic OH excluding ortho intramolecular Hbond substituents is 1. The Kier molecular flexibility index (Phi) is 7.31. The summed E-state index contributed by atoms with van der Waals surface area (Å²) in [7, 11) is 0. The van der Waals surface area contributed by atoms with Gasteiger partial charge in [0.05, 0.1) is 11.1 Å². The van der Waals surface area contributed by atoms with E-state index in [1.807, 2.05) is 0 Å². The molecule has 0 heterocycles. The predicted octanol–water partition coefficient (Wildman–Crippen LogP) is 2.47. The number of aliphatic hydroxyl groups excluding tert-OH is 2. The molecule has 4 N–H and O–H groups in total. The first-order valence-corrected chi connectivity index (χ1v) is 8.32. The van der Waals surface area contributed by atoms with E-state index in [1.54, 1.807) is 27.7 Å². The van der Waals surface area contributed by atoms with E-state index in [4.69, 9.17) is 9.47 Å². The zero-order valence-electron chi connectivity index (χ0n) is 14.2. The molecule has 0 aliphatic carbocycles. The maximum atomic E-state index is 11.6. The highest BCUT2D eigenvalue weighted by Crippen LogP contribution is 2.37. The first-order valence-electron chi connectivity index (χ1n) is 7.53. The minimum Gasteiger partial charge on any atom is -0.503 e. The third kappa shape index (κ3) is 6.18. The Morgan fingerprint density at radius 1 is 1.33 bits per heavy atom. The summed E-state index contributed by atoms with van der Waals surface area (Å²) in [6, 6.07) is 2.91. The van der Waals surface area contributed by atoms with Gasteiger partial charge in [-0.15, -0.1) is 0 Å². The van der Waals surface area contributed by atoms with E-state index in [-0.39, 0.29) is 18.0 Å². The molecule has 24 heavy (non-hydrogen) atoms. The van der Waals surface area contributed by atoms with Crippen molar-refractivity contribution >= 4 is 22.0 Å². The number of alkyl carbamates (subject to hydrolysis) is 1. The fraction of sp³-hybridized carbons (Fsp3) is 0.562. The number of carbonyl (C=O) groups excluding carboxylic acids is 1. The highest BCUT2D eigenvalue weighted by molar-refractivity contribution is 9.10. The summed E-state index contributed by atoms with van der Waals surface area (Å²) in [4.78, 5) is 11.6. The number of nitrogens with one attached hydrogen (secondary N) is 1. The van der Waals surface area contributed by atoms with Gasteiger partial charge in [0.15, 0.2) is 11.5 Å². The van der Waals surface area contributed by atoms with E-state index < -0.39 is 23.9 Å². The van der Waals surface area contributed by atoms with Gasteiger partial charge in [0.1, 0.15) is 17.8 Å². The number of aromatic hydroxyl groups is 1. The fourth-order valence-electron chi connectivity index (χ4n) is 1.87. The molecule has 7 nitrogen and oxygen atoms in total. The number of amides is 1. The van der Waals surface area contributed by atoms with Gasteiger partial charge in [0.2, 0.25) is 0 Å². The number of aliphatic hydroxyl groups is 2. The van der Waals surface area contributed by atoms with Crippen LogP contribution >= 0.6 is 15.9 Å². The number of phenols is 1. The van der Waals surface area contributed by atoms with Crippen molar-refractivity contribution in [3.05, 3.63) is 22.2 Å². The van der Waals surface area contributed by atoms with Crippen LogP contribution in [0.3, 0.4) is 0 Å². The molecule has 2 unspecified atom stereocenters. The number of ether oxygens (including phenoxy) is 2. The Morgan fingerprint density at radius 2 is 1.96 bits per heavy atom. The highest BCUT2D eigenvalue weighted by atomic mass is 79.9. The lowest BCUT2D eigenvalue weighted by molar-refractivity contribution is 0.0128. The van der Waals surface area contributed by atoms with Crippen molar-refractivity contribution < 1.29 is 29.6 Å². The lowest BCUT2D eigenvalue weighted by Gasteiger charge is -2.22. The van der Waals surface area contributed by atoms with Crippen molar-refractivity contribution in [2.45, 2.75) is 45.5 Å². The number of rotatable bonds is 6. The average Bonchev–Trinajstić information content (AvgIpc) is 2.47. The van der Waals surface area contributed by atoms with E-state index in [1.165, 1.54) is 12.1 Å². The van der Waals surface area contributed by atoms with Gasteiger partial charge in [-0.2, -0.15) is 0 Å². The van der Waals surface area contributed by atoms with Crippen molar-refractivity contribution in [1.82, 2.24) is 5.32 Å². The van der Waals surface area contributed by atoms with Crippen molar-refractivity contribution in [2.24, 2.45) is 0 Å². The topological polar surface area (TPSA) is 108 Å². The zero-order valence-corrected chi connectivity index (χ0v) is 15.8. The normalized spacial score (nSPS) is 14.0. The molecule has 0 saturated heterocycles. The van der Waals surface area contributed by atoms with Crippen molar-refractivity contribution in [2.75, 3.05) is 13.2 Å². The molecule has 0 bridgehead atoms. The predicted molar refractivity (Wildman–Crippen MR) is 92.2 cm³/mol. The first kappa shape index (κ1) is 20.5. The molecule has 0 aromatic heterocycles. The zero-order chi connectivity index (χ0) is 18.5. The van der Waals surface area contributed by atoms with Gasteiger partial charge in [-0.1, -0.05) is 0 Å². The third-order valence-electron chi connectivity index (χ3n) is 2.91. The standard InChI is InChI=1S/C16H24BrNO6/c1-5-23-12-7-9(6-10(17)14(12)21)13(20)11(19)8-18-15(22)24-16(2,3)4/h6-7,11,13,19-21H,5,8H2,1-4H3,(H,18,22). The quantitative estimate of drug-likeness (QED) is 0.578. The van der Waals surface area contributed by atoms with Crippen LogP contribution in [0.5, 0.6) is 11.5 Å². The smallest absolute Gasteiger partial charge is 0.407 e. The molecular formula is C16H24BrNO6. The molecule has 2 atom stereocenters. The second-order valence-corrected chi connectivity index (χ2v) is 7.03. The largest absolute Gasteiger partial charge is 0.503 e. The second kappa shape index (κ2) is 8.55. The van der Waals surface area contributed by atoms with Crippen molar-refractivity contribution in [3.63, 3.8) is 0 Å². The SMILES string of the molecule is CCOc1cc(C(O)C(O)CNC(=O)OC(C)(C)C)cc(Br)c1O. The van der Waals surface area contributed by atoms with E-state index >= 15 is 0 Å². The number of hydrogen-bond acceptors (Lipinski definition) is 6. The molecule has 0 spiro atoms. The molecule has 1 amide bonds. The summed E-state index contributed by atoms with van der Waals surface area (Å²) in [5.41, 5.74) is -0.316. The highest BCUT2D eigenvalue weighted by Gasteiger charge is 2.23. The molecular weight excluding hydrogens is 382 g/mol. The van der Waals surface area contributed by atoms with Gasteiger partial charge in [0, 0.05) is 6.54 Å². The maximum Gasteiger partial charge on any atom is 0.407 e. The summed E-state index contributed by atoms with van der Waals surface area (Å²) in [5, 5.41) is 32.6. The van der Waals surface area contributed by atoms with Crippen molar-refractivity contribution in [1.29, 1.82) is 0 Å². The number of benzene rings is 1. The van der Waals surface area contributed by atoms with Crippen LogP contribution in [0.1, 0.15) is 39.4 Å². The fourth-order valence-corrected chi connectivity index (χ4v) is 2.33. The molecule has 8 heteroatoms. The van der Waals surface area contributed by atoms with Gasteiger partial charge in [-0.25, -0.2) is 4.79 Å². The van der Waals surface area contributed by atoms with Crippen LogP contribution < -0.4 is 10.1 Å². The van der Waals surface area contributed by atoms with Crippen LogP contribution in [0.2, 0.25) is 0 Å². The van der Waals surface area contributed by atoms with Crippen LogP contribution in [0.25, 0.3) is 0 Å². The molecule has 0 aliphatic rings. The molecule has 0 aliphatic heterocycles. The Bertz CT molecular complexity index is 572. The van der Waals surface area contributed by atoms with E-state index in [0.717, 1.165) is 0 Å². The Morgan fingerprint density at radius 3 is 2.50 bits per heavy atom. The monoisotopic (exact) mass is 405 g/mol. The number of halogens is 1. The molecule has 1 aromatic rings. The summed E-state index contributed by atoms with van der Waals surface area (Å²) in [5.74, 6) is 0.0994. The van der Waals surface area contributed by atoms with Gasteiger partial charge in [-0.05, 0) is 61.3 Å². The third-order valence-corrected chi connectivity index (χ3v) is 3.52. The summed E-state index contributed by atoms with van der Waals surface area (Å²) < 4.78 is 10.7. The van der Waals surface area contributed by atoms with E-state index in [9.17, 15) is 20.1 Å². The van der Waals surface area contributed by atoms with E-state index in [0.29, 0.717) is 16.6 Å². The number of hydrogen-bond donors (Lipinski definition) is 4. The molecule has 0 radical (unpaired) electrons. The molecule has 136 valence electrons. The molecule has 0 saturated carbocycles. The first-order chi connectivity index (χ1) is 11.0. The summed E-state index contributed by atoms with van der Waals surface area (Å²) in [6.07, 6.45) is -3.23. The Balaban J connectivity index is 2.75. The summed E-state index contributed by atoms with van der Waals surface area (Å²) in [6.45, 7) is 7.07. The lowest BCUT2D eigenvalue weighted by Crippen LogP contribution is -2.38. The Labute approximate surface area is 149 Å². The number of carbonyl (C=O) groups is 1.